The first-order chi connectivity index (χ1) is 6.74. The van der Waals surface area contributed by atoms with Crippen LogP contribution in [0.2, 0.25) is 0 Å². The molecule has 0 heterocycles. The first-order valence-corrected chi connectivity index (χ1v) is 4.78. The summed E-state index contributed by atoms with van der Waals surface area (Å²) in [6, 6.07) is 8.86. The molecule has 1 atom stereocenters. The zero-order valence-corrected chi connectivity index (χ0v) is 8.23. The fourth-order valence-electron chi connectivity index (χ4n) is 1.17. The lowest BCUT2D eigenvalue weighted by atomic mass is 10.2. The lowest BCUT2D eigenvalue weighted by molar-refractivity contribution is 0.0763. The van der Waals surface area contributed by atoms with Crippen molar-refractivity contribution in [2.45, 2.75) is 26.0 Å². The summed E-state index contributed by atoms with van der Waals surface area (Å²) < 4.78 is 0. The number of nitrogens with one attached hydrogen (secondary N) is 1. The maximum absolute atomic E-state index is 11.5. The van der Waals surface area contributed by atoms with Crippen LogP contribution in [0.25, 0.3) is 0 Å². The fraction of sp³-hybridized carbons (Fsp3) is 0.364. The molecule has 0 aliphatic carbocycles. The third-order valence-electron chi connectivity index (χ3n) is 1.90. The second-order valence-corrected chi connectivity index (χ2v) is 3.14. The Labute approximate surface area is 83.8 Å². The number of amides is 1. The van der Waals surface area contributed by atoms with Gasteiger partial charge in [0.15, 0.2) is 0 Å². The van der Waals surface area contributed by atoms with Crippen molar-refractivity contribution >= 4 is 5.91 Å². The van der Waals surface area contributed by atoms with E-state index in [-0.39, 0.29) is 5.91 Å². The number of carbonyl (C=O) groups is 1. The standard InChI is InChI=1S/C11H15NO2/c1-2-6-10(13)12-11(14)9-7-4-3-5-8-9/h3-5,7-8,10,13H,2,6H2,1H3,(H,12,14). The summed E-state index contributed by atoms with van der Waals surface area (Å²) in [6.07, 6.45) is 0.683. The van der Waals surface area contributed by atoms with Gasteiger partial charge in [-0.05, 0) is 18.6 Å². The van der Waals surface area contributed by atoms with Gasteiger partial charge in [0.05, 0.1) is 0 Å². The van der Waals surface area contributed by atoms with Gasteiger partial charge < -0.3 is 10.4 Å². The molecule has 2 N–H and O–H groups in total. The molecular weight excluding hydrogens is 178 g/mol. The van der Waals surface area contributed by atoms with Crippen LogP contribution in [0.5, 0.6) is 0 Å². The lowest BCUT2D eigenvalue weighted by Gasteiger charge is -2.11. The molecule has 0 aromatic heterocycles. The maximum atomic E-state index is 11.5. The number of benzene rings is 1. The Balaban J connectivity index is 2.51. The van der Waals surface area contributed by atoms with E-state index < -0.39 is 6.23 Å². The highest BCUT2D eigenvalue weighted by atomic mass is 16.3. The number of carbonyl (C=O) groups excluding carboxylic acids is 1. The Bertz CT molecular complexity index is 285. The second-order valence-electron chi connectivity index (χ2n) is 3.14. The molecule has 0 saturated carbocycles. The Hall–Kier alpha value is -1.35. The normalized spacial score (nSPS) is 12.1. The van der Waals surface area contributed by atoms with Gasteiger partial charge in [-0.1, -0.05) is 31.5 Å². The third kappa shape index (κ3) is 3.18. The zero-order valence-electron chi connectivity index (χ0n) is 8.23. The van der Waals surface area contributed by atoms with Gasteiger partial charge in [0, 0.05) is 5.56 Å². The monoisotopic (exact) mass is 193 g/mol. The van der Waals surface area contributed by atoms with E-state index in [1.54, 1.807) is 24.3 Å². The van der Waals surface area contributed by atoms with Gasteiger partial charge >= 0.3 is 0 Å². The minimum Gasteiger partial charge on any atom is -0.374 e. The molecule has 1 aromatic carbocycles. The van der Waals surface area contributed by atoms with E-state index in [1.807, 2.05) is 13.0 Å². The second kappa shape index (κ2) is 5.40. The molecule has 0 bridgehead atoms. The highest BCUT2D eigenvalue weighted by Crippen LogP contribution is 2.00. The quantitative estimate of drug-likeness (QED) is 0.712. The SMILES string of the molecule is CCCC(O)NC(=O)c1ccccc1. The van der Waals surface area contributed by atoms with Crippen molar-refractivity contribution in [3.8, 4) is 0 Å². The molecule has 1 amide bonds. The molecule has 3 nitrogen and oxygen atoms in total. The Morgan fingerprint density at radius 1 is 1.43 bits per heavy atom. The van der Waals surface area contributed by atoms with Gasteiger partial charge in [-0.25, -0.2) is 0 Å². The predicted molar refractivity (Wildman–Crippen MR) is 54.8 cm³/mol. The summed E-state index contributed by atoms with van der Waals surface area (Å²) in [7, 11) is 0. The molecule has 14 heavy (non-hydrogen) atoms. The minimum absolute atomic E-state index is 0.230. The van der Waals surface area contributed by atoms with Gasteiger partial charge in [0.1, 0.15) is 6.23 Å². The van der Waals surface area contributed by atoms with Crippen molar-refractivity contribution in [1.82, 2.24) is 5.32 Å². The van der Waals surface area contributed by atoms with E-state index in [2.05, 4.69) is 5.32 Å². The molecule has 1 unspecified atom stereocenters. The molecule has 0 aliphatic rings. The van der Waals surface area contributed by atoms with Crippen molar-refractivity contribution in [2.75, 3.05) is 0 Å². The summed E-state index contributed by atoms with van der Waals surface area (Å²) in [5.74, 6) is -0.230. The van der Waals surface area contributed by atoms with Crippen molar-refractivity contribution in [2.24, 2.45) is 0 Å². The van der Waals surface area contributed by atoms with Crippen LogP contribution in [0, 0.1) is 0 Å². The molecule has 1 rings (SSSR count). The summed E-state index contributed by atoms with van der Waals surface area (Å²) in [5.41, 5.74) is 0.572. The molecule has 76 valence electrons. The van der Waals surface area contributed by atoms with Gasteiger partial charge in [-0.3, -0.25) is 4.79 Å². The van der Waals surface area contributed by atoms with Crippen LogP contribution in [0.3, 0.4) is 0 Å². The van der Waals surface area contributed by atoms with Crippen LogP contribution < -0.4 is 5.32 Å². The van der Waals surface area contributed by atoms with E-state index in [9.17, 15) is 9.90 Å². The van der Waals surface area contributed by atoms with Crippen LogP contribution in [0.4, 0.5) is 0 Å². The van der Waals surface area contributed by atoms with E-state index in [0.717, 1.165) is 6.42 Å². The average molecular weight is 193 g/mol. The average Bonchev–Trinajstić information content (AvgIpc) is 2.19. The maximum Gasteiger partial charge on any atom is 0.253 e. The molecule has 3 heteroatoms. The summed E-state index contributed by atoms with van der Waals surface area (Å²) in [6.45, 7) is 1.96. The molecular formula is C11H15NO2. The van der Waals surface area contributed by atoms with Crippen molar-refractivity contribution in [3.63, 3.8) is 0 Å². The molecule has 0 radical (unpaired) electrons. The van der Waals surface area contributed by atoms with Crippen LogP contribution in [0.1, 0.15) is 30.1 Å². The van der Waals surface area contributed by atoms with Gasteiger partial charge in [0.2, 0.25) is 0 Å². The minimum atomic E-state index is -0.743. The summed E-state index contributed by atoms with van der Waals surface area (Å²) >= 11 is 0. The third-order valence-corrected chi connectivity index (χ3v) is 1.90. The van der Waals surface area contributed by atoms with Gasteiger partial charge in [0.25, 0.3) is 5.91 Å². The Morgan fingerprint density at radius 3 is 2.64 bits per heavy atom. The fourth-order valence-corrected chi connectivity index (χ4v) is 1.17. The van der Waals surface area contributed by atoms with Gasteiger partial charge in [-0.2, -0.15) is 0 Å². The number of rotatable bonds is 4. The highest BCUT2D eigenvalue weighted by Gasteiger charge is 2.08. The van der Waals surface area contributed by atoms with Crippen molar-refractivity contribution in [3.05, 3.63) is 35.9 Å². The first kappa shape index (κ1) is 10.7. The molecule has 0 saturated heterocycles. The molecule has 0 fully saturated rings. The van der Waals surface area contributed by atoms with Crippen LogP contribution in [-0.2, 0) is 0 Å². The van der Waals surface area contributed by atoms with Crippen LogP contribution >= 0.6 is 0 Å². The van der Waals surface area contributed by atoms with Gasteiger partial charge in [-0.15, -0.1) is 0 Å². The van der Waals surface area contributed by atoms with E-state index in [0.29, 0.717) is 12.0 Å². The summed E-state index contributed by atoms with van der Waals surface area (Å²) in [4.78, 5) is 11.5. The predicted octanol–water partition coefficient (Wildman–Crippen LogP) is 1.53. The van der Waals surface area contributed by atoms with Crippen molar-refractivity contribution in [1.29, 1.82) is 0 Å². The Kier molecular flexibility index (Phi) is 4.13. The summed E-state index contributed by atoms with van der Waals surface area (Å²) in [5, 5.41) is 11.9. The van der Waals surface area contributed by atoms with E-state index >= 15 is 0 Å². The zero-order chi connectivity index (χ0) is 10.4. The van der Waals surface area contributed by atoms with E-state index in [4.69, 9.17) is 0 Å². The van der Waals surface area contributed by atoms with Crippen molar-refractivity contribution < 1.29 is 9.90 Å². The smallest absolute Gasteiger partial charge is 0.253 e. The highest BCUT2D eigenvalue weighted by molar-refractivity contribution is 5.94. The molecule has 1 aromatic rings. The van der Waals surface area contributed by atoms with Crippen LogP contribution in [-0.4, -0.2) is 17.2 Å². The van der Waals surface area contributed by atoms with Crippen LogP contribution in [0.15, 0.2) is 30.3 Å². The molecule has 0 aliphatic heterocycles. The number of hydrogen-bond acceptors (Lipinski definition) is 2. The lowest BCUT2D eigenvalue weighted by Crippen LogP contribution is -2.34. The topological polar surface area (TPSA) is 49.3 Å². The number of aliphatic hydroxyl groups excluding tert-OH is 1. The number of aliphatic hydroxyl groups is 1. The Morgan fingerprint density at radius 2 is 2.07 bits per heavy atom. The first-order valence-electron chi connectivity index (χ1n) is 4.78. The molecule has 0 spiro atoms. The van der Waals surface area contributed by atoms with E-state index in [1.165, 1.54) is 0 Å². The largest absolute Gasteiger partial charge is 0.374 e. The number of hydrogen-bond donors (Lipinski definition) is 2.